The number of pyridine rings is 1. The molecule has 1 atom stereocenters. The van der Waals surface area contributed by atoms with Crippen molar-refractivity contribution in [3.63, 3.8) is 0 Å². The zero-order valence-corrected chi connectivity index (χ0v) is 14.5. The Bertz CT molecular complexity index is 859. The number of rotatable bonds is 4. The van der Waals surface area contributed by atoms with E-state index in [1.54, 1.807) is 16.6 Å². The maximum atomic E-state index is 12.8. The molecular weight excluding hydrogens is 338 g/mol. The lowest BCUT2D eigenvalue weighted by Gasteiger charge is -2.32. The van der Waals surface area contributed by atoms with Gasteiger partial charge in [-0.3, -0.25) is 19.2 Å². The van der Waals surface area contributed by atoms with Gasteiger partial charge in [-0.2, -0.15) is 5.10 Å². The van der Waals surface area contributed by atoms with Crippen molar-refractivity contribution >= 4 is 23.6 Å². The van der Waals surface area contributed by atoms with E-state index in [0.29, 0.717) is 18.8 Å². The van der Waals surface area contributed by atoms with Gasteiger partial charge in [0.2, 0.25) is 0 Å². The monoisotopic (exact) mass is 357 g/mol. The summed E-state index contributed by atoms with van der Waals surface area (Å²) in [5.74, 6) is -1.13. The Hall–Kier alpha value is -3.23. The van der Waals surface area contributed by atoms with Crippen molar-refractivity contribution in [2.75, 3.05) is 11.4 Å². The van der Waals surface area contributed by atoms with Crippen molar-refractivity contribution in [3.8, 4) is 0 Å². The summed E-state index contributed by atoms with van der Waals surface area (Å²) in [5, 5.41) is 15.8. The average Bonchev–Trinajstić information content (AvgIpc) is 2.95. The van der Waals surface area contributed by atoms with Crippen LogP contribution in [-0.4, -0.2) is 50.2 Å². The maximum absolute atomic E-state index is 12.8. The number of carboxylic acids is 1. The van der Waals surface area contributed by atoms with Gasteiger partial charge >= 0.3 is 5.97 Å². The Labute approximate surface area is 149 Å². The highest BCUT2D eigenvalue weighted by molar-refractivity contribution is 6.02. The SMILES string of the molecule is Cc1cc(N2CCC[C@H](NC(=O)c3ccc(C(=O)O)nc3)C2=O)n(C)n1. The van der Waals surface area contributed by atoms with Gasteiger partial charge in [-0.05, 0) is 31.9 Å². The lowest BCUT2D eigenvalue weighted by Crippen LogP contribution is -2.52. The van der Waals surface area contributed by atoms with Crippen LogP contribution in [0.4, 0.5) is 5.82 Å². The number of aryl methyl sites for hydroxylation is 2. The number of anilines is 1. The van der Waals surface area contributed by atoms with Crippen LogP contribution in [0, 0.1) is 6.92 Å². The molecule has 1 aliphatic rings. The van der Waals surface area contributed by atoms with Crippen LogP contribution in [0.25, 0.3) is 0 Å². The number of aromatic nitrogens is 3. The number of hydrogen-bond acceptors (Lipinski definition) is 5. The van der Waals surface area contributed by atoms with Crippen LogP contribution in [0.15, 0.2) is 24.4 Å². The fourth-order valence-corrected chi connectivity index (χ4v) is 2.98. The second-order valence-electron chi connectivity index (χ2n) is 6.16. The van der Waals surface area contributed by atoms with Gasteiger partial charge in [0.1, 0.15) is 17.6 Å². The van der Waals surface area contributed by atoms with Gasteiger partial charge < -0.3 is 10.4 Å². The molecule has 3 heterocycles. The summed E-state index contributed by atoms with van der Waals surface area (Å²) >= 11 is 0. The number of carbonyl (C=O) groups is 3. The Balaban J connectivity index is 1.72. The molecule has 0 aromatic carbocycles. The lowest BCUT2D eigenvalue weighted by atomic mass is 10.0. The van der Waals surface area contributed by atoms with Crippen molar-refractivity contribution in [2.24, 2.45) is 7.05 Å². The summed E-state index contributed by atoms with van der Waals surface area (Å²) in [7, 11) is 1.77. The van der Waals surface area contributed by atoms with Crippen LogP contribution < -0.4 is 10.2 Å². The molecular formula is C17H19N5O4. The minimum absolute atomic E-state index is 0.145. The number of nitrogens with one attached hydrogen (secondary N) is 1. The number of amides is 2. The first-order chi connectivity index (χ1) is 12.4. The molecule has 3 rings (SSSR count). The maximum Gasteiger partial charge on any atom is 0.354 e. The Morgan fingerprint density at radius 3 is 2.69 bits per heavy atom. The van der Waals surface area contributed by atoms with Gasteiger partial charge in [-0.25, -0.2) is 9.78 Å². The summed E-state index contributed by atoms with van der Waals surface area (Å²) in [6, 6.07) is 3.81. The zero-order valence-electron chi connectivity index (χ0n) is 14.5. The first-order valence-electron chi connectivity index (χ1n) is 8.19. The molecule has 1 saturated heterocycles. The number of piperidine rings is 1. The third kappa shape index (κ3) is 3.41. The molecule has 2 amide bonds. The predicted molar refractivity (Wildman–Crippen MR) is 92.0 cm³/mol. The molecule has 1 aliphatic heterocycles. The molecule has 1 fully saturated rings. The van der Waals surface area contributed by atoms with E-state index in [9.17, 15) is 14.4 Å². The van der Waals surface area contributed by atoms with Crippen LogP contribution in [0.3, 0.4) is 0 Å². The highest BCUT2D eigenvalue weighted by Gasteiger charge is 2.32. The molecule has 9 heteroatoms. The van der Waals surface area contributed by atoms with Gasteiger partial charge in [-0.15, -0.1) is 0 Å². The first kappa shape index (κ1) is 17.6. The minimum Gasteiger partial charge on any atom is -0.477 e. The van der Waals surface area contributed by atoms with Crippen LogP contribution in [0.2, 0.25) is 0 Å². The first-order valence-corrected chi connectivity index (χ1v) is 8.19. The number of carboxylic acid groups (broad SMARTS) is 1. The normalized spacial score (nSPS) is 17.2. The van der Waals surface area contributed by atoms with Crippen molar-refractivity contribution in [1.29, 1.82) is 0 Å². The fraction of sp³-hybridized carbons (Fsp3) is 0.353. The molecule has 2 aromatic rings. The smallest absolute Gasteiger partial charge is 0.354 e. The van der Waals surface area contributed by atoms with E-state index < -0.39 is 17.9 Å². The number of nitrogens with zero attached hydrogens (tertiary/aromatic N) is 4. The molecule has 0 spiro atoms. The van der Waals surface area contributed by atoms with Crippen LogP contribution >= 0.6 is 0 Å². The van der Waals surface area contributed by atoms with Crippen LogP contribution in [0.5, 0.6) is 0 Å². The van der Waals surface area contributed by atoms with Crippen molar-refractivity contribution < 1.29 is 19.5 Å². The Kier molecular flexibility index (Phi) is 4.70. The Morgan fingerprint density at radius 2 is 2.12 bits per heavy atom. The summed E-state index contributed by atoms with van der Waals surface area (Å²) in [4.78, 5) is 41.3. The zero-order chi connectivity index (χ0) is 18.8. The van der Waals surface area contributed by atoms with Crippen LogP contribution in [-0.2, 0) is 11.8 Å². The molecule has 9 nitrogen and oxygen atoms in total. The third-order valence-electron chi connectivity index (χ3n) is 4.24. The molecule has 2 aromatic heterocycles. The topological polar surface area (TPSA) is 117 Å². The average molecular weight is 357 g/mol. The van der Waals surface area contributed by atoms with E-state index in [1.807, 2.05) is 13.0 Å². The summed E-state index contributed by atoms with van der Waals surface area (Å²) in [5.41, 5.74) is 0.871. The van der Waals surface area contributed by atoms with Gasteiger partial charge in [0.25, 0.3) is 11.8 Å². The number of aromatic carboxylic acids is 1. The fourth-order valence-electron chi connectivity index (χ4n) is 2.98. The number of carbonyl (C=O) groups excluding carboxylic acids is 2. The summed E-state index contributed by atoms with van der Waals surface area (Å²) in [6.45, 7) is 2.42. The van der Waals surface area contributed by atoms with E-state index in [-0.39, 0.29) is 17.2 Å². The van der Waals surface area contributed by atoms with Gasteiger partial charge in [0.05, 0.1) is 11.3 Å². The highest BCUT2D eigenvalue weighted by Crippen LogP contribution is 2.21. The van der Waals surface area contributed by atoms with Gasteiger partial charge in [0.15, 0.2) is 0 Å². The van der Waals surface area contributed by atoms with E-state index in [0.717, 1.165) is 12.1 Å². The molecule has 0 saturated carbocycles. The Morgan fingerprint density at radius 1 is 1.35 bits per heavy atom. The summed E-state index contributed by atoms with van der Waals surface area (Å²) < 4.78 is 1.64. The molecule has 2 N–H and O–H groups in total. The van der Waals surface area contributed by atoms with E-state index >= 15 is 0 Å². The molecule has 0 aliphatic carbocycles. The molecule has 26 heavy (non-hydrogen) atoms. The van der Waals surface area contributed by atoms with Gasteiger partial charge in [0, 0.05) is 25.9 Å². The molecule has 0 unspecified atom stereocenters. The van der Waals surface area contributed by atoms with Gasteiger partial charge in [-0.1, -0.05) is 0 Å². The second-order valence-corrected chi connectivity index (χ2v) is 6.16. The molecule has 0 radical (unpaired) electrons. The van der Waals surface area contributed by atoms with E-state index in [2.05, 4.69) is 15.4 Å². The lowest BCUT2D eigenvalue weighted by molar-refractivity contribution is -0.121. The third-order valence-corrected chi connectivity index (χ3v) is 4.24. The van der Waals surface area contributed by atoms with E-state index in [4.69, 9.17) is 5.11 Å². The minimum atomic E-state index is -1.17. The highest BCUT2D eigenvalue weighted by atomic mass is 16.4. The standard InChI is InChI=1S/C17H19N5O4/c1-10-8-14(21(2)20-10)22-7-3-4-12(16(22)24)19-15(23)11-5-6-13(17(25)26)18-9-11/h5-6,8-9,12H,3-4,7H2,1-2H3,(H,19,23)(H,25,26)/t12-/m0/s1. The van der Waals surface area contributed by atoms with Crippen molar-refractivity contribution in [2.45, 2.75) is 25.8 Å². The van der Waals surface area contributed by atoms with Crippen LogP contribution in [0.1, 0.15) is 39.4 Å². The van der Waals surface area contributed by atoms with Crippen molar-refractivity contribution in [3.05, 3.63) is 41.3 Å². The van der Waals surface area contributed by atoms with Crippen molar-refractivity contribution in [1.82, 2.24) is 20.1 Å². The van der Waals surface area contributed by atoms with E-state index in [1.165, 1.54) is 18.3 Å². The largest absolute Gasteiger partial charge is 0.477 e. The quantitative estimate of drug-likeness (QED) is 0.834. The summed E-state index contributed by atoms with van der Waals surface area (Å²) in [6.07, 6.45) is 2.48. The predicted octanol–water partition coefficient (Wildman–Crippen LogP) is 0.747. The molecule has 0 bridgehead atoms. The second kappa shape index (κ2) is 6.95. The molecule has 136 valence electrons. The number of hydrogen-bond donors (Lipinski definition) is 2.